The van der Waals surface area contributed by atoms with E-state index in [0.717, 1.165) is 5.56 Å². The number of carbonyl (C=O) groups is 2. The van der Waals surface area contributed by atoms with Crippen LogP contribution < -0.4 is 4.74 Å². The smallest absolute Gasteiger partial charge is 0.429 e. The Kier molecular flexibility index (Phi) is 4.29. The highest BCUT2D eigenvalue weighted by Gasteiger charge is 2.06. The highest BCUT2D eigenvalue weighted by molar-refractivity contribution is 5.76. The molecule has 0 heterocycles. The number of hydrogen-bond acceptors (Lipinski definition) is 4. The molecule has 0 aliphatic rings. The standard InChI is InChI=1S/C15H12O4/c16-10-13-7-4-8-14(9-13)19-15(17)18-11-12-5-2-1-3-6-12/h1-10H,11H2. The summed E-state index contributed by atoms with van der Waals surface area (Å²) < 4.78 is 9.91. The third-order valence-corrected chi connectivity index (χ3v) is 2.39. The Hall–Kier alpha value is -2.62. The second-order valence-electron chi connectivity index (χ2n) is 3.82. The number of rotatable bonds is 4. The van der Waals surface area contributed by atoms with Crippen LogP contribution in [0.5, 0.6) is 5.75 Å². The Morgan fingerprint density at radius 3 is 2.58 bits per heavy atom. The Bertz CT molecular complexity index is 563. The van der Waals surface area contributed by atoms with Gasteiger partial charge in [0.05, 0.1) is 0 Å². The molecule has 2 aromatic carbocycles. The molecular weight excluding hydrogens is 244 g/mol. The van der Waals surface area contributed by atoms with Gasteiger partial charge >= 0.3 is 6.16 Å². The number of ether oxygens (including phenoxy) is 2. The molecule has 2 aromatic rings. The summed E-state index contributed by atoms with van der Waals surface area (Å²) in [5.74, 6) is 0.280. The van der Waals surface area contributed by atoms with Gasteiger partial charge in [-0.2, -0.15) is 0 Å². The molecule has 0 N–H and O–H groups in total. The fourth-order valence-corrected chi connectivity index (χ4v) is 1.49. The molecule has 0 spiro atoms. The average molecular weight is 256 g/mol. The summed E-state index contributed by atoms with van der Waals surface area (Å²) in [7, 11) is 0. The van der Waals surface area contributed by atoms with Gasteiger partial charge in [-0.1, -0.05) is 42.5 Å². The van der Waals surface area contributed by atoms with Crippen LogP contribution in [0, 0.1) is 0 Å². The predicted molar refractivity (Wildman–Crippen MR) is 69.1 cm³/mol. The summed E-state index contributed by atoms with van der Waals surface area (Å²) in [4.78, 5) is 22.0. The first-order chi connectivity index (χ1) is 9.28. The summed E-state index contributed by atoms with van der Waals surface area (Å²) in [6.45, 7) is 0.146. The molecule has 0 bridgehead atoms. The van der Waals surface area contributed by atoms with Crippen LogP contribution in [0.4, 0.5) is 4.79 Å². The SMILES string of the molecule is O=Cc1cccc(OC(=O)OCc2ccccc2)c1. The molecule has 0 saturated carbocycles. The van der Waals surface area contributed by atoms with E-state index in [1.807, 2.05) is 30.3 Å². The minimum atomic E-state index is -0.799. The lowest BCUT2D eigenvalue weighted by atomic mass is 10.2. The molecule has 0 aliphatic carbocycles. The predicted octanol–water partition coefficient (Wildman–Crippen LogP) is 3.21. The van der Waals surface area contributed by atoms with Crippen molar-refractivity contribution in [3.63, 3.8) is 0 Å². The van der Waals surface area contributed by atoms with E-state index < -0.39 is 6.16 Å². The van der Waals surface area contributed by atoms with Crippen LogP contribution in [-0.2, 0) is 11.3 Å². The lowest BCUT2D eigenvalue weighted by molar-refractivity contribution is 0.0926. The van der Waals surface area contributed by atoms with E-state index in [0.29, 0.717) is 11.8 Å². The van der Waals surface area contributed by atoms with E-state index in [9.17, 15) is 9.59 Å². The van der Waals surface area contributed by atoms with Gasteiger partial charge in [-0.3, -0.25) is 4.79 Å². The maximum absolute atomic E-state index is 11.5. The number of aldehydes is 1. The van der Waals surface area contributed by atoms with E-state index in [-0.39, 0.29) is 12.4 Å². The van der Waals surface area contributed by atoms with Crippen LogP contribution in [-0.4, -0.2) is 12.4 Å². The first-order valence-electron chi connectivity index (χ1n) is 5.72. The molecule has 2 rings (SSSR count). The van der Waals surface area contributed by atoms with Crippen molar-refractivity contribution in [3.8, 4) is 5.75 Å². The number of benzene rings is 2. The molecule has 0 atom stereocenters. The van der Waals surface area contributed by atoms with Crippen molar-refractivity contribution < 1.29 is 19.1 Å². The highest BCUT2D eigenvalue weighted by Crippen LogP contribution is 2.13. The maximum Gasteiger partial charge on any atom is 0.514 e. The zero-order valence-electron chi connectivity index (χ0n) is 10.1. The van der Waals surface area contributed by atoms with Crippen molar-refractivity contribution in [2.75, 3.05) is 0 Å². The topological polar surface area (TPSA) is 52.6 Å². The van der Waals surface area contributed by atoms with Gasteiger partial charge in [-0.15, -0.1) is 0 Å². The van der Waals surface area contributed by atoms with Crippen molar-refractivity contribution in [3.05, 3.63) is 65.7 Å². The largest absolute Gasteiger partial charge is 0.514 e. The van der Waals surface area contributed by atoms with E-state index >= 15 is 0 Å². The van der Waals surface area contributed by atoms with Crippen molar-refractivity contribution in [2.24, 2.45) is 0 Å². The Morgan fingerprint density at radius 2 is 1.84 bits per heavy atom. The summed E-state index contributed by atoms with van der Waals surface area (Å²) in [5, 5.41) is 0. The zero-order chi connectivity index (χ0) is 13.5. The lowest BCUT2D eigenvalue weighted by Crippen LogP contribution is -2.10. The lowest BCUT2D eigenvalue weighted by Gasteiger charge is -2.06. The Morgan fingerprint density at radius 1 is 1.05 bits per heavy atom. The fraction of sp³-hybridized carbons (Fsp3) is 0.0667. The summed E-state index contributed by atoms with van der Waals surface area (Å²) in [6, 6.07) is 15.6. The molecule has 4 nitrogen and oxygen atoms in total. The van der Waals surface area contributed by atoms with Gasteiger partial charge in [0.15, 0.2) is 0 Å². The van der Waals surface area contributed by atoms with Gasteiger partial charge < -0.3 is 9.47 Å². The summed E-state index contributed by atoms with van der Waals surface area (Å²) in [6.07, 6.45) is -0.116. The second-order valence-corrected chi connectivity index (χ2v) is 3.82. The van der Waals surface area contributed by atoms with Crippen molar-refractivity contribution >= 4 is 12.4 Å². The quantitative estimate of drug-likeness (QED) is 0.479. The number of carbonyl (C=O) groups excluding carboxylic acids is 2. The molecule has 0 fully saturated rings. The molecule has 0 aliphatic heterocycles. The minimum Gasteiger partial charge on any atom is -0.429 e. The molecule has 96 valence electrons. The third kappa shape index (κ3) is 3.96. The third-order valence-electron chi connectivity index (χ3n) is 2.39. The first kappa shape index (κ1) is 12.8. The van der Waals surface area contributed by atoms with Crippen LogP contribution in [0.2, 0.25) is 0 Å². The van der Waals surface area contributed by atoms with Gasteiger partial charge in [0, 0.05) is 5.56 Å². The summed E-state index contributed by atoms with van der Waals surface area (Å²) >= 11 is 0. The molecule has 19 heavy (non-hydrogen) atoms. The van der Waals surface area contributed by atoms with E-state index in [1.54, 1.807) is 18.2 Å². The Labute approximate surface area is 110 Å². The Balaban J connectivity index is 1.89. The van der Waals surface area contributed by atoms with E-state index in [1.165, 1.54) is 6.07 Å². The van der Waals surface area contributed by atoms with E-state index in [2.05, 4.69) is 0 Å². The molecular formula is C15H12O4. The second kappa shape index (κ2) is 6.35. The first-order valence-corrected chi connectivity index (χ1v) is 5.72. The zero-order valence-corrected chi connectivity index (χ0v) is 10.1. The van der Waals surface area contributed by atoms with Crippen LogP contribution in [0.1, 0.15) is 15.9 Å². The molecule has 4 heteroatoms. The van der Waals surface area contributed by atoms with Crippen LogP contribution in [0.25, 0.3) is 0 Å². The fourth-order valence-electron chi connectivity index (χ4n) is 1.49. The van der Waals surface area contributed by atoms with Gasteiger partial charge in [0.1, 0.15) is 18.6 Å². The van der Waals surface area contributed by atoms with Crippen molar-refractivity contribution in [1.82, 2.24) is 0 Å². The average Bonchev–Trinajstić information content (AvgIpc) is 2.46. The normalized spacial score (nSPS) is 9.68. The van der Waals surface area contributed by atoms with Gasteiger partial charge in [0.25, 0.3) is 0 Å². The minimum absolute atomic E-state index is 0.146. The number of hydrogen-bond donors (Lipinski definition) is 0. The van der Waals surface area contributed by atoms with Gasteiger partial charge in [-0.25, -0.2) is 4.79 Å². The summed E-state index contributed by atoms with van der Waals surface area (Å²) in [5.41, 5.74) is 1.31. The molecule has 0 aromatic heterocycles. The molecule has 0 radical (unpaired) electrons. The van der Waals surface area contributed by atoms with Crippen LogP contribution in [0.15, 0.2) is 54.6 Å². The maximum atomic E-state index is 11.5. The highest BCUT2D eigenvalue weighted by atomic mass is 16.7. The van der Waals surface area contributed by atoms with Gasteiger partial charge in [-0.05, 0) is 17.7 Å². The molecule has 0 unspecified atom stereocenters. The van der Waals surface area contributed by atoms with Crippen molar-refractivity contribution in [2.45, 2.75) is 6.61 Å². The molecule has 0 saturated heterocycles. The van der Waals surface area contributed by atoms with Gasteiger partial charge in [0.2, 0.25) is 0 Å². The molecule has 0 amide bonds. The van der Waals surface area contributed by atoms with E-state index in [4.69, 9.17) is 9.47 Å². The monoisotopic (exact) mass is 256 g/mol. The van der Waals surface area contributed by atoms with Crippen LogP contribution in [0.3, 0.4) is 0 Å². The van der Waals surface area contributed by atoms with Crippen molar-refractivity contribution in [1.29, 1.82) is 0 Å². The van der Waals surface area contributed by atoms with Crippen LogP contribution >= 0.6 is 0 Å².